The molecular weight excluding hydrogens is 166 g/mol. The Bertz CT molecular complexity index is 205. The quantitative estimate of drug-likeness (QED) is 0.613. The molecule has 3 heteroatoms. The molecule has 0 bridgehead atoms. The van der Waals surface area contributed by atoms with Crippen LogP contribution in [0.3, 0.4) is 0 Å². The molecule has 2 N–H and O–H groups in total. The Morgan fingerprint density at radius 2 is 2.00 bits per heavy atom. The maximum atomic E-state index is 5.97. The average molecular weight is 185 g/mol. The fourth-order valence-electron chi connectivity index (χ4n) is 2.49. The van der Waals surface area contributed by atoms with Gasteiger partial charge in [-0.05, 0) is 26.7 Å². The summed E-state index contributed by atoms with van der Waals surface area (Å²) in [5.41, 5.74) is 5.71. The Hall–Kier alpha value is -0.120. The summed E-state index contributed by atoms with van der Waals surface area (Å²) in [4.78, 5) is 0. The smallest absolute Gasteiger partial charge is 0.100 e. The van der Waals surface area contributed by atoms with Crippen molar-refractivity contribution in [3.05, 3.63) is 0 Å². The van der Waals surface area contributed by atoms with Gasteiger partial charge in [0, 0.05) is 19.1 Å². The van der Waals surface area contributed by atoms with Crippen LogP contribution in [0.25, 0.3) is 0 Å². The van der Waals surface area contributed by atoms with Gasteiger partial charge < -0.3 is 15.2 Å². The second-order valence-electron chi connectivity index (χ2n) is 4.70. The van der Waals surface area contributed by atoms with Gasteiger partial charge in [0.05, 0.1) is 12.2 Å². The van der Waals surface area contributed by atoms with Crippen molar-refractivity contribution in [2.75, 3.05) is 13.2 Å². The van der Waals surface area contributed by atoms with Crippen LogP contribution in [-0.2, 0) is 9.47 Å². The SMILES string of the molecule is CC1(C)OCCC12CC(N)CCO2. The largest absolute Gasteiger partial charge is 0.372 e. The van der Waals surface area contributed by atoms with Gasteiger partial charge in [-0.1, -0.05) is 0 Å². The summed E-state index contributed by atoms with van der Waals surface area (Å²) >= 11 is 0. The molecule has 0 saturated carbocycles. The van der Waals surface area contributed by atoms with Crippen LogP contribution in [0.15, 0.2) is 0 Å². The van der Waals surface area contributed by atoms with E-state index in [-0.39, 0.29) is 17.2 Å². The maximum absolute atomic E-state index is 5.97. The highest BCUT2D eigenvalue weighted by Gasteiger charge is 2.53. The predicted molar refractivity (Wildman–Crippen MR) is 50.5 cm³/mol. The Balaban J connectivity index is 2.18. The molecule has 2 heterocycles. The topological polar surface area (TPSA) is 44.5 Å². The molecule has 3 nitrogen and oxygen atoms in total. The van der Waals surface area contributed by atoms with Crippen LogP contribution in [0.4, 0.5) is 0 Å². The van der Waals surface area contributed by atoms with E-state index in [2.05, 4.69) is 13.8 Å². The van der Waals surface area contributed by atoms with Crippen molar-refractivity contribution in [1.82, 2.24) is 0 Å². The van der Waals surface area contributed by atoms with E-state index in [1.807, 2.05) is 0 Å². The lowest BCUT2D eigenvalue weighted by molar-refractivity contribution is -0.160. The normalized spacial score (nSPS) is 44.1. The summed E-state index contributed by atoms with van der Waals surface area (Å²) in [6.07, 6.45) is 2.92. The summed E-state index contributed by atoms with van der Waals surface area (Å²) < 4.78 is 11.6. The summed E-state index contributed by atoms with van der Waals surface area (Å²) in [7, 11) is 0. The third-order valence-corrected chi connectivity index (χ3v) is 3.52. The molecule has 0 radical (unpaired) electrons. The minimum absolute atomic E-state index is 0.106. The van der Waals surface area contributed by atoms with E-state index in [1.54, 1.807) is 0 Å². The molecule has 0 aromatic carbocycles. The van der Waals surface area contributed by atoms with E-state index in [9.17, 15) is 0 Å². The van der Waals surface area contributed by atoms with Gasteiger partial charge in [-0.25, -0.2) is 0 Å². The lowest BCUT2D eigenvalue weighted by atomic mass is 9.78. The van der Waals surface area contributed by atoms with E-state index in [4.69, 9.17) is 15.2 Å². The van der Waals surface area contributed by atoms with Crippen LogP contribution in [-0.4, -0.2) is 30.5 Å². The molecule has 2 aliphatic heterocycles. The Morgan fingerprint density at radius 1 is 1.23 bits per heavy atom. The van der Waals surface area contributed by atoms with E-state index in [0.29, 0.717) is 0 Å². The van der Waals surface area contributed by atoms with E-state index >= 15 is 0 Å². The first kappa shape index (κ1) is 9.44. The highest BCUT2D eigenvalue weighted by molar-refractivity contribution is 5.04. The van der Waals surface area contributed by atoms with Gasteiger partial charge in [0.2, 0.25) is 0 Å². The number of hydrogen-bond donors (Lipinski definition) is 1. The number of ether oxygens (including phenoxy) is 2. The lowest BCUT2D eigenvalue weighted by Gasteiger charge is -2.44. The zero-order valence-electron chi connectivity index (χ0n) is 8.51. The molecule has 2 saturated heterocycles. The van der Waals surface area contributed by atoms with Gasteiger partial charge in [0.25, 0.3) is 0 Å². The highest BCUT2D eigenvalue weighted by Crippen LogP contribution is 2.44. The van der Waals surface area contributed by atoms with Crippen molar-refractivity contribution >= 4 is 0 Å². The zero-order chi connectivity index (χ0) is 9.53. The lowest BCUT2D eigenvalue weighted by Crippen LogP contribution is -2.55. The first-order valence-corrected chi connectivity index (χ1v) is 5.09. The fraction of sp³-hybridized carbons (Fsp3) is 1.00. The van der Waals surface area contributed by atoms with Crippen LogP contribution < -0.4 is 5.73 Å². The minimum atomic E-state index is -0.162. The summed E-state index contributed by atoms with van der Waals surface area (Å²) in [6.45, 7) is 5.81. The number of hydrogen-bond acceptors (Lipinski definition) is 3. The molecule has 1 spiro atoms. The van der Waals surface area contributed by atoms with Crippen LogP contribution in [0.5, 0.6) is 0 Å². The molecule has 0 aromatic heterocycles. The third kappa shape index (κ3) is 1.39. The first-order chi connectivity index (χ1) is 6.06. The van der Waals surface area contributed by atoms with Crippen molar-refractivity contribution in [2.45, 2.75) is 50.4 Å². The van der Waals surface area contributed by atoms with Gasteiger partial charge in [-0.15, -0.1) is 0 Å². The second-order valence-corrected chi connectivity index (χ2v) is 4.70. The predicted octanol–water partition coefficient (Wildman–Crippen LogP) is 1.06. The molecule has 13 heavy (non-hydrogen) atoms. The van der Waals surface area contributed by atoms with Gasteiger partial charge >= 0.3 is 0 Å². The van der Waals surface area contributed by atoms with E-state index in [0.717, 1.165) is 32.5 Å². The van der Waals surface area contributed by atoms with Crippen LogP contribution in [0.2, 0.25) is 0 Å². The summed E-state index contributed by atoms with van der Waals surface area (Å²) in [5, 5.41) is 0. The Morgan fingerprint density at radius 3 is 2.54 bits per heavy atom. The molecule has 2 aliphatic rings. The molecule has 2 rings (SSSR count). The third-order valence-electron chi connectivity index (χ3n) is 3.52. The minimum Gasteiger partial charge on any atom is -0.372 e. The highest BCUT2D eigenvalue weighted by atomic mass is 16.6. The molecule has 0 amide bonds. The molecule has 76 valence electrons. The van der Waals surface area contributed by atoms with Crippen molar-refractivity contribution in [1.29, 1.82) is 0 Å². The maximum Gasteiger partial charge on any atom is 0.100 e. The van der Waals surface area contributed by atoms with E-state index in [1.165, 1.54) is 0 Å². The molecule has 0 aromatic rings. The van der Waals surface area contributed by atoms with E-state index < -0.39 is 0 Å². The first-order valence-electron chi connectivity index (χ1n) is 5.09. The van der Waals surface area contributed by atoms with Crippen LogP contribution in [0, 0.1) is 0 Å². The zero-order valence-corrected chi connectivity index (χ0v) is 8.51. The standard InChI is InChI=1S/C10H19NO2/c1-9(2)10(4-6-12-9)7-8(11)3-5-13-10/h8H,3-7,11H2,1-2H3. The second kappa shape index (κ2) is 2.94. The van der Waals surface area contributed by atoms with Crippen molar-refractivity contribution in [2.24, 2.45) is 5.73 Å². The molecule has 2 fully saturated rings. The Kier molecular flexibility index (Phi) is 2.13. The number of nitrogens with two attached hydrogens (primary N) is 1. The van der Waals surface area contributed by atoms with Gasteiger partial charge in [-0.2, -0.15) is 0 Å². The molecule has 2 unspecified atom stereocenters. The van der Waals surface area contributed by atoms with Gasteiger partial charge in [0.1, 0.15) is 5.60 Å². The van der Waals surface area contributed by atoms with Crippen molar-refractivity contribution < 1.29 is 9.47 Å². The van der Waals surface area contributed by atoms with Crippen LogP contribution >= 0.6 is 0 Å². The number of rotatable bonds is 0. The summed E-state index contributed by atoms with van der Waals surface area (Å²) in [5.74, 6) is 0. The fourth-order valence-corrected chi connectivity index (χ4v) is 2.49. The monoisotopic (exact) mass is 185 g/mol. The van der Waals surface area contributed by atoms with Crippen molar-refractivity contribution in [3.8, 4) is 0 Å². The molecular formula is C10H19NO2. The molecule has 2 atom stereocenters. The van der Waals surface area contributed by atoms with Crippen LogP contribution in [0.1, 0.15) is 33.1 Å². The van der Waals surface area contributed by atoms with Gasteiger partial charge in [0.15, 0.2) is 0 Å². The van der Waals surface area contributed by atoms with Crippen molar-refractivity contribution in [3.63, 3.8) is 0 Å². The average Bonchev–Trinajstić information content (AvgIpc) is 2.27. The Labute approximate surface area is 79.6 Å². The van der Waals surface area contributed by atoms with Gasteiger partial charge in [-0.3, -0.25) is 0 Å². The molecule has 0 aliphatic carbocycles. The summed E-state index contributed by atoms with van der Waals surface area (Å²) in [6, 6.07) is 0.287.